The molecular weight excluding hydrogens is 401 g/mol. The van der Waals surface area contributed by atoms with Gasteiger partial charge in [0.2, 0.25) is 0 Å². The van der Waals surface area contributed by atoms with Crippen LogP contribution in [0.5, 0.6) is 0 Å². The molecule has 0 radical (unpaired) electrons. The predicted octanol–water partition coefficient (Wildman–Crippen LogP) is 5.38. The van der Waals surface area contributed by atoms with Crippen molar-refractivity contribution in [3.8, 4) is 0 Å². The number of hydrogen-bond donors (Lipinski definition) is 3. The lowest BCUT2D eigenvalue weighted by Crippen LogP contribution is -2.53. The van der Waals surface area contributed by atoms with Gasteiger partial charge in [0.15, 0.2) is 0 Å². The van der Waals surface area contributed by atoms with E-state index in [1.807, 2.05) is 13.0 Å². The number of aliphatic hydroxyl groups is 2. The summed E-state index contributed by atoms with van der Waals surface area (Å²) in [6, 6.07) is 5.05. The average molecular weight is 444 g/mol. The summed E-state index contributed by atoms with van der Waals surface area (Å²) in [4.78, 5) is 0. The minimum atomic E-state index is -0.279. The van der Waals surface area contributed by atoms with Gasteiger partial charge in [0.25, 0.3) is 0 Å². The molecule has 3 fully saturated rings. The number of halogens is 1. The maximum Gasteiger partial charge on any atom is 0.123 e. The molecule has 0 aromatic heterocycles. The van der Waals surface area contributed by atoms with Crippen molar-refractivity contribution in [2.75, 3.05) is 13.2 Å². The number of allylic oxidation sites excluding steroid dienone is 1. The third-order valence-electron chi connectivity index (χ3n) is 9.96. The molecule has 7 atom stereocenters. The van der Waals surface area contributed by atoms with Crippen LogP contribution < -0.4 is 5.32 Å². The van der Waals surface area contributed by atoms with E-state index in [2.05, 4.69) is 25.7 Å². The topological polar surface area (TPSA) is 52.5 Å². The molecule has 0 aliphatic heterocycles. The second-order valence-corrected chi connectivity index (χ2v) is 11.5. The smallest absolute Gasteiger partial charge is 0.123 e. The Kier molecular flexibility index (Phi) is 6.87. The van der Waals surface area contributed by atoms with Gasteiger partial charge in [-0.25, -0.2) is 4.39 Å². The van der Waals surface area contributed by atoms with Crippen LogP contribution in [0.4, 0.5) is 4.39 Å². The molecule has 4 heteroatoms. The zero-order valence-electron chi connectivity index (χ0n) is 20.2. The van der Waals surface area contributed by atoms with Crippen LogP contribution in [0.1, 0.15) is 69.9 Å². The standard InChI is InChI=1S/C28H42FNO2/c1-18-13-22(29)7-6-20(18)15-30-16-24-25-8-5-19(2)27(25,3)12-10-26(24)28(4)11-9-23(32)14-21(28)17-31/h6-7,13,21,23-26,30-32H,2,5,8-12,14-17H2,1,3-4H3. The lowest BCUT2D eigenvalue weighted by Gasteiger charge is -2.56. The lowest BCUT2D eigenvalue weighted by molar-refractivity contribution is -0.0933. The molecule has 3 N–H and O–H groups in total. The van der Waals surface area contributed by atoms with Gasteiger partial charge in [-0.3, -0.25) is 0 Å². The fourth-order valence-corrected chi connectivity index (χ4v) is 7.70. The van der Waals surface area contributed by atoms with Crippen molar-refractivity contribution in [1.29, 1.82) is 0 Å². The zero-order chi connectivity index (χ0) is 23.1. The van der Waals surface area contributed by atoms with E-state index in [9.17, 15) is 14.6 Å². The molecule has 0 bridgehead atoms. The molecule has 3 saturated carbocycles. The first-order valence-electron chi connectivity index (χ1n) is 12.6. The van der Waals surface area contributed by atoms with Crippen molar-refractivity contribution in [3.05, 3.63) is 47.3 Å². The third-order valence-corrected chi connectivity index (χ3v) is 9.96. The normalized spacial score (nSPS) is 39.8. The highest BCUT2D eigenvalue weighted by atomic mass is 19.1. The number of rotatable bonds is 6. The molecular formula is C28H42FNO2. The lowest BCUT2D eigenvalue weighted by atomic mass is 9.49. The Balaban J connectivity index is 1.57. The Bertz CT molecular complexity index is 841. The predicted molar refractivity (Wildman–Crippen MR) is 128 cm³/mol. The first-order valence-corrected chi connectivity index (χ1v) is 12.6. The summed E-state index contributed by atoms with van der Waals surface area (Å²) in [5, 5.41) is 24.3. The zero-order valence-corrected chi connectivity index (χ0v) is 20.2. The first kappa shape index (κ1) is 23.9. The number of benzene rings is 1. The SMILES string of the molecule is C=C1CCC2C(CNCc3ccc(F)cc3C)C(C3(C)CCC(O)CC3CO)CCC12C. The van der Waals surface area contributed by atoms with Gasteiger partial charge in [-0.15, -0.1) is 0 Å². The molecule has 178 valence electrons. The van der Waals surface area contributed by atoms with Crippen LogP contribution in [0.2, 0.25) is 0 Å². The van der Waals surface area contributed by atoms with Crippen molar-refractivity contribution >= 4 is 0 Å². The molecule has 3 aliphatic rings. The molecule has 0 amide bonds. The summed E-state index contributed by atoms with van der Waals surface area (Å²) >= 11 is 0. The van der Waals surface area contributed by atoms with Gasteiger partial charge >= 0.3 is 0 Å². The van der Waals surface area contributed by atoms with E-state index in [1.165, 1.54) is 18.4 Å². The largest absolute Gasteiger partial charge is 0.396 e. The molecule has 32 heavy (non-hydrogen) atoms. The van der Waals surface area contributed by atoms with E-state index >= 15 is 0 Å². The Labute approximate surface area is 193 Å². The van der Waals surface area contributed by atoms with E-state index < -0.39 is 0 Å². The van der Waals surface area contributed by atoms with E-state index in [0.717, 1.165) is 49.9 Å². The van der Waals surface area contributed by atoms with Crippen LogP contribution in [0.3, 0.4) is 0 Å². The van der Waals surface area contributed by atoms with Crippen LogP contribution in [0.25, 0.3) is 0 Å². The summed E-state index contributed by atoms with van der Waals surface area (Å²) in [6.45, 7) is 13.1. The van der Waals surface area contributed by atoms with Crippen molar-refractivity contribution in [2.24, 2.45) is 34.5 Å². The van der Waals surface area contributed by atoms with Gasteiger partial charge in [-0.05, 0) is 116 Å². The van der Waals surface area contributed by atoms with Crippen molar-refractivity contribution in [2.45, 2.75) is 78.4 Å². The second-order valence-electron chi connectivity index (χ2n) is 11.5. The average Bonchev–Trinajstić information content (AvgIpc) is 3.06. The van der Waals surface area contributed by atoms with E-state index in [-0.39, 0.29) is 35.3 Å². The quantitative estimate of drug-likeness (QED) is 0.517. The molecule has 3 aliphatic carbocycles. The fourth-order valence-electron chi connectivity index (χ4n) is 7.70. The summed E-state index contributed by atoms with van der Waals surface area (Å²) < 4.78 is 13.5. The van der Waals surface area contributed by atoms with E-state index in [1.54, 1.807) is 12.1 Å². The number of fused-ring (bicyclic) bond motifs is 1. The number of aryl methyl sites for hydroxylation is 1. The van der Waals surface area contributed by atoms with Crippen molar-refractivity contribution in [1.82, 2.24) is 5.32 Å². The Hall–Kier alpha value is -1.23. The Morgan fingerprint density at radius 2 is 1.94 bits per heavy atom. The fraction of sp³-hybridized carbons (Fsp3) is 0.714. The van der Waals surface area contributed by atoms with Gasteiger partial charge in [-0.2, -0.15) is 0 Å². The Morgan fingerprint density at radius 1 is 1.16 bits per heavy atom. The van der Waals surface area contributed by atoms with Crippen LogP contribution in [0, 0.1) is 47.2 Å². The number of nitrogens with one attached hydrogen (secondary N) is 1. The highest BCUT2D eigenvalue weighted by molar-refractivity contribution is 5.26. The molecule has 7 unspecified atom stereocenters. The third kappa shape index (κ3) is 4.19. The van der Waals surface area contributed by atoms with E-state index in [0.29, 0.717) is 24.2 Å². The Morgan fingerprint density at radius 3 is 2.66 bits per heavy atom. The van der Waals surface area contributed by atoms with Crippen LogP contribution in [0.15, 0.2) is 30.4 Å². The van der Waals surface area contributed by atoms with E-state index in [4.69, 9.17) is 0 Å². The van der Waals surface area contributed by atoms with Crippen LogP contribution >= 0.6 is 0 Å². The number of hydrogen-bond acceptors (Lipinski definition) is 3. The number of aliphatic hydroxyl groups excluding tert-OH is 2. The maximum atomic E-state index is 13.5. The van der Waals surface area contributed by atoms with Crippen LogP contribution in [-0.4, -0.2) is 29.5 Å². The molecule has 1 aromatic rings. The van der Waals surface area contributed by atoms with Gasteiger partial charge in [-0.1, -0.05) is 32.1 Å². The molecule has 0 spiro atoms. The molecule has 3 nitrogen and oxygen atoms in total. The van der Waals surface area contributed by atoms with Gasteiger partial charge in [0.05, 0.1) is 6.10 Å². The molecule has 0 heterocycles. The maximum absolute atomic E-state index is 13.5. The molecule has 4 rings (SSSR count). The van der Waals surface area contributed by atoms with Gasteiger partial charge < -0.3 is 15.5 Å². The minimum absolute atomic E-state index is 0.0529. The highest BCUT2D eigenvalue weighted by Gasteiger charge is 2.56. The molecule has 0 saturated heterocycles. The molecule has 1 aromatic carbocycles. The summed E-state index contributed by atoms with van der Waals surface area (Å²) in [5.74, 6) is 1.63. The van der Waals surface area contributed by atoms with Crippen LogP contribution in [-0.2, 0) is 6.54 Å². The summed E-state index contributed by atoms with van der Waals surface area (Å²) in [6.07, 6.45) is 6.94. The summed E-state index contributed by atoms with van der Waals surface area (Å²) in [7, 11) is 0. The highest BCUT2D eigenvalue weighted by Crippen LogP contribution is 2.63. The second kappa shape index (κ2) is 9.19. The minimum Gasteiger partial charge on any atom is -0.396 e. The van der Waals surface area contributed by atoms with Gasteiger partial charge in [0, 0.05) is 13.2 Å². The monoisotopic (exact) mass is 443 g/mol. The van der Waals surface area contributed by atoms with Crippen molar-refractivity contribution < 1.29 is 14.6 Å². The van der Waals surface area contributed by atoms with Gasteiger partial charge in [0.1, 0.15) is 5.82 Å². The van der Waals surface area contributed by atoms with Crippen molar-refractivity contribution in [3.63, 3.8) is 0 Å². The first-order chi connectivity index (χ1) is 15.2. The summed E-state index contributed by atoms with van der Waals surface area (Å²) in [5.41, 5.74) is 3.83.